The number of nitrogens with one attached hydrogen (secondary N) is 1. The molecule has 1 unspecified atom stereocenters. The molecule has 1 aromatic carbocycles. The van der Waals surface area contributed by atoms with Crippen molar-refractivity contribution in [3.8, 4) is 0 Å². The minimum absolute atomic E-state index is 0.175. The van der Waals surface area contributed by atoms with Crippen LogP contribution in [0.2, 0.25) is 0 Å². The summed E-state index contributed by atoms with van der Waals surface area (Å²) in [6.45, 7) is 8.29. The number of rotatable bonds is 4. The molecule has 1 saturated heterocycles. The Kier molecular flexibility index (Phi) is 4.62. The Bertz CT molecular complexity index is 423. The van der Waals surface area contributed by atoms with Crippen LogP contribution in [-0.4, -0.2) is 26.2 Å². The normalized spacial score (nSPS) is 19.6. The zero-order valence-electron chi connectivity index (χ0n) is 11.0. The lowest BCUT2D eigenvalue weighted by Gasteiger charge is -2.21. The maximum Gasteiger partial charge on any atom is 0.139 e. The highest BCUT2D eigenvalue weighted by Crippen LogP contribution is 2.30. The van der Waals surface area contributed by atoms with Crippen LogP contribution in [0.1, 0.15) is 18.9 Å². The third-order valence-electron chi connectivity index (χ3n) is 3.55. The topological polar surface area (TPSA) is 15.3 Å². The number of anilines is 1. The van der Waals surface area contributed by atoms with Crippen LogP contribution in [0.3, 0.4) is 0 Å². The molecule has 1 heterocycles. The molecule has 1 aliphatic rings. The largest absolute Gasteiger partial charge is 0.371 e. The van der Waals surface area contributed by atoms with Crippen molar-refractivity contribution in [1.82, 2.24) is 5.32 Å². The van der Waals surface area contributed by atoms with E-state index in [1.165, 1.54) is 6.42 Å². The van der Waals surface area contributed by atoms with Crippen LogP contribution in [0.25, 0.3) is 0 Å². The molecular formula is C14H20BrFN2. The minimum atomic E-state index is -0.175. The fraction of sp³-hybridized carbons (Fsp3) is 0.571. The minimum Gasteiger partial charge on any atom is -0.371 e. The van der Waals surface area contributed by atoms with Gasteiger partial charge in [-0.25, -0.2) is 4.39 Å². The van der Waals surface area contributed by atoms with Crippen molar-refractivity contribution in [2.24, 2.45) is 5.92 Å². The first-order valence-corrected chi connectivity index (χ1v) is 7.32. The molecule has 2 rings (SSSR count). The predicted molar refractivity (Wildman–Crippen MR) is 77.7 cm³/mol. The Labute approximate surface area is 117 Å². The van der Waals surface area contributed by atoms with Crippen LogP contribution in [0.15, 0.2) is 16.6 Å². The van der Waals surface area contributed by atoms with E-state index in [2.05, 4.69) is 33.1 Å². The first-order chi connectivity index (χ1) is 8.61. The van der Waals surface area contributed by atoms with Gasteiger partial charge in [-0.15, -0.1) is 0 Å². The lowest BCUT2D eigenvalue weighted by molar-refractivity contribution is 0.527. The molecule has 100 valence electrons. The Morgan fingerprint density at radius 3 is 3.00 bits per heavy atom. The molecule has 1 atom stereocenters. The molecule has 0 saturated carbocycles. The second-order valence-corrected chi connectivity index (χ2v) is 5.82. The lowest BCUT2D eigenvalue weighted by Crippen LogP contribution is -2.26. The molecule has 18 heavy (non-hydrogen) atoms. The smallest absolute Gasteiger partial charge is 0.139 e. The van der Waals surface area contributed by atoms with E-state index in [4.69, 9.17) is 0 Å². The van der Waals surface area contributed by atoms with E-state index >= 15 is 0 Å². The number of hydrogen-bond donors (Lipinski definition) is 1. The second-order valence-electron chi connectivity index (χ2n) is 4.96. The monoisotopic (exact) mass is 314 g/mol. The molecule has 0 spiro atoms. The molecule has 1 aliphatic heterocycles. The highest BCUT2D eigenvalue weighted by Gasteiger charge is 2.23. The van der Waals surface area contributed by atoms with Gasteiger partial charge in [0, 0.05) is 18.8 Å². The molecule has 1 N–H and O–H groups in total. The Hall–Kier alpha value is -0.610. The zero-order chi connectivity index (χ0) is 13.1. The van der Waals surface area contributed by atoms with Gasteiger partial charge >= 0.3 is 0 Å². The van der Waals surface area contributed by atoms with Gasteiger partial charge in [0.15, 0.2) is 0 Å². The van der Waals surface area contributed by atoms with Gasteiger partial charge < -0.3 is 10.2 Å². The van der Waals surface area contributed by atoms with E-state index in [-0.39, 0.29) is 5.82 Å². The summed E-state index contributed by atoms with van der Waals surface area (Å²) in [6, 6.07) is 3.51. The summed E-state index contributed by atoms with van der Waals surface area (Å²) in [5.74, 6) is 0.502. The Balaban J connectivity index is 2.07. The van der Waals surface area contributed by atoms with Gasteiger partial charge in [-0.2, -0.15) is 0 Å². The van der Waals surface area contributed by atoms with Crippen molar-refractivity contribution in [3.05, 3.63) is 28.0 Å². The van der Waals surface area contributed by atoms with E-state index in [9.17, 15) is 4.39 Å². The first kappa shape index (κ1) is 13.8. The fourth-order valence-corrected chi connectivity index (χ4v) is 3.00. The van der Waals surface area contributed by atoms with E-state index in [1.54, 1.807) is 6.07 Å². The van der Waals surface area contributed by atoms with E-state index in [1.807, 2.05) is 13.0 Å². The molecule has 2 nitrogen and oxygen atoms in total. The van der Waals surface area contributed by atoms with Crippen molar-refractivity contribution in [2.45, 2.75) is 20.3 Å². The third kappa shape index (κ3) is 3.04. The van der Waals surface area contributed by atoms with Gasteiger partial charge in [0.25, 0.3) is 0 Å². The number of halogens is 2. The van der Waals surface area contributed by atoms with Crippen LogP contribution >= 0.6 is 15.9 Å². The average Bonchev–Trinajstić information content (AvgIpc) is 2.79. The molecule has 0 aromatic heterocycles. The highest BCUT2D eigenvalue weighted by atomic mass is 79.9. The number of aryl methyl sites for hydroxylation is 1. The van der Waals surface area contributed by atoms with Crippen LogP contribution in [0.5, 0.6) is 0 Å². The summed E-state index contributed by atoms with van der Waals surface area (Å²) in [6.07, 6.45) is 1.18. The SMILES string of the molecule is CCNCC1CCN(c2cc(F)c(Br)cc2C)C1. The molecule has 1 fully saturated rings. The van der Waals surface area contributed by atoms with Gasteiger partial charge in [0.05, 0.1) is 4.47 Å². The molecule has 0 amide bonds. The van der Waals surface area contributed by atoms with Gasteiger partial charge in [-0.1, -0.05) is 6.92 Å². The van der Waals surface area contributed by atoms with E-state index in [0.717, 1.165) is 37.4 Å². The summed E-state index contributed by atoms with van der Waals surface area (Å²) in [7, 11) is 0. The van der Waals surface area contributed by atoms with E-state index in [0.29, 0.717) is 10.4 Å². The average molecular weight is 315 g/mol. The number of benzene rings is 1. The highest BCUT2D eigenvalue weighted by molar-refractivity contribution is 9.10. The van der Waals surface area contributed by atoms with Gasteiger partial charge in [0.2, 0.25) is 0 Å². The summed E-state index contributed by atoms with van der Waals surface area (Å²) in [5, 5.41) is 3.39. The molecule has 0 aliphatic carbocycles. The molecule has 0 radical (unpaired) electrons. The quantitative estimate of drug-likeness (QED) is 0.917. The van der Waals surface area contributed by atoms with Gasteiger partial charge in [0.1, 0.15) is 5.82 Å². The zero-order valence-corrected chi connectivity index (χ0v) is 12.6. The van der Waals surface area contributed by atoms with Crippen molar-refractivity contribution in [3.63, 3.8) is 0 Å². The summed E-state index contributed by atoms with van der Waals surface area (Å²) < 4.78 is 14.2. The molecular weight excluding hydrogens is 295 g/mol. The molecule has 4 heteroatoms. The standard InChI is InChI=1S/C14H20BrFN2/c1-3-17-8-11-4-5-18(9-11)14-7-13(16)12(15)6-10(14)2/h6-7,11,17H,3-5,8-9H2,1-2H3. The molecule has 0 bridgehead atoms. The van der Waals surface area contributed by atoms with Crippen LogP contribution in [0, 0.1) is 18.7 Å². The summed E-state index contributed by atoms with van der Waals surface area (Å²) in [5.41, 5.74) is 2.17. The second kappa shape index (κ2) is 6.02. The van der Waals surface area contributed by atoms with Crippen molar-refractivity contribution < 1.29 is 4.39 Å². The molecule has 1 aromatic rings. The van der Waals surface area contributed by atoms with Crippen LogP contribution in [-0.2, 0) is 0 Å². The summed E-state index contributed by atoms with van der Waals surface area (Å²) in [4.78, 5) is 2.30. The maximum atomic E-state index is 13.6. The maximum absolute atomic E-state index is 13.6. The number of hydrogen-bond acceptors (Lipinski definition) is 2. The predicted octanol–water partition coefficient (Wildman–Crippen LogP) is 3.33. The number of nitrogens with zero attached hydrogens (tertiary/aromatic N) is 1. The van der Waals surface area contributed by atoms with Gasteiger partial charge in [-0.3, -0.25) is 0 Å². The van der Waals surface area contributed by atoms with Crippen molar-refractivity contribution >= 4 is 21.6 Å². The Morgan fingerprint density at radius 1 is 1.50 bits per heavy atom. The van der Waals surface area contributed by atoms with Crippen LogP contribution in [0.4, 0.5) is 10.1 Å². The fourth-order valence-electron chi connectivity index (χ4n) is 2.54. The first-order valence-electron chi connectivity index (χ1n) is 6.53. The van der Waals surface area contributed by atoms with Crippen LogP contribution < -0.4 is 10.2 Å². The van der Waals surface area contributed by atoms with Crippen molar-refractivity contribution in [1.29, 1.82) is 0 Å². The Morgan fingerprint density at radius 2 is 2.28 bits per heavy atom. The lowest BCUT2D eigenvalue weighted by atomic mass is 10.1. The summed E-state index contributed by atoms with van der Waals surface area (Å²) >= 11 is 3.23. The van der Waals surface area contributed by atoms with Gasteiger partial charge in [-0.05, 0) is 66.0 Å². The third-order valence-corrected chi connectivity index (χ3v) is 4.16. The van der Waals surface area contributed by atoms with E-state index < -0.39 is 0 Å². The van der Waals surface area contributed by atoms with Crippen molar-refractivity contribution in [2.75, 3.05) is 31.1 Å².